The van der Waals surface area contributed by atoms with Gasteiger partial charge in [-0.3, -0.25) is 0 Å². The van der Waals surface area contributed by atoms with E-state index >= 15 is 0 Å². The molecular weight excluding hydrogens is 208 g/mol. The molecule has 2 heteroatoms. The highest BCUT2D eigenvalue weighted by Gasteiger charge is 2.15. The summed E-state index contributed by atoms with van der Waals surface area (Å²) >= 11 is 0. The van der Waals surface area contributed by atoms with Crippen LogP contribution in [0.2, 0.25) is 0 Å². The maximum absolute atomic E-state index is 9.32. The van der Waals surface area contributed by atoms with Crippen LogP contribution in [-0.4, -0.2) is 7.05 Å². The Balaban J connectivity index is 2.30. The van der Waals surface area contributed by atoms with Crippen LogP contribution in [0.15, 0.2) is 60.7 Å². The highest BCUT2D eigenvalue weighted by Crippen LogP contribution is 2.24. The van der Waals surface area contributed by atoms with Crippen molar-refractivity contribution in [2.45, 2.75) is 6.04 Å². The average molecular weight is 222 g/mol. The maximum atomic E-state index is 9.32. The number of benzene rings is 2. The summed E-state index contributed by atoms with van der Waals surface area (Å²) in [5.41, 5.74) is 2.06. The number of hydrogen-bond acceptors (Lipinski definition) is 2. The molecule has 1 atom stereocenters. The van der Waals surface area contributed by atoms with Gasteiger partial charge in [-0.25, -0.2) is 0 Å². The molecule has 2 rings (SSSR count). The van der Waals surface area contributed by atoms with Crippen molar-refractivity contribution in [1.29, 1.82) is 5.26 Å². The van der Waals surface area contributed by atoms with Gasteiger partial charge in [0.25, 0.3) is 0 Å². The second-order valence-electron chi connectivity index (χ2n) is 3.89. The fourth-order valence-electron chi connectivity index (χ4n) is 1.83. The van der Waals surface area contributed by atoms with Crippen molar-refractivity contribution in [2.75, 3.05) is 11.9 Å². The molecule has 0 aliphatic carbocycles. The monoisotopic (exact) mass is 222 g/mol. The Labute approximate surface area is 102 Å². The minimum absolute atomic E-state index is 0.251. The van der Waals surface area contributed by atoms with E-state index in [2.05, 4.69) is 6.07 Å². The van der Waals surface area contributed by atoms with Crippen LogP contribution in [0.3, 0.4) is 0 Å². The first-order valence-electron chi connectivity index (χ1n) is 5.55. The number of para-hydroxylation sites is 1. The van der Waals surface area contributed by atoms with Crippen molar-refractivity contribution >= 4 is 5.69 Å². The summed E-state index contributed by atoms with van der Waals surface area (Å²) in [6.45, 7) is 0. The van der Waals surface area contributed by atoms with Gasteiger partial charge in [0.15, 0.2) is 0 Å². The van der Waals surface area contributed by atoms with E-state index in [-0.39, 0.29) is 6.04 Å². The van der Waals surface area contributed by atoms with E-state index in [4.69, 9.17) is 0 Å². The van der Waals surface area contributed by atoms with Crippen LogP contribution in [0.25, 0.3) is 0 Å². The second kappa shape index (κ2) is 5.18. The summed E-state index contributed by atoms with van der Waals surface area (Å²) in [7, 11) is 1.94. The summed E-state index contributed by atoms with van der Waals surface area (Å²) in [6.07, 6.45) is 0. The van der Waals surface area contributed by atoms with Crippen molar-refractivity contribution in [2.24, 2.45) is 0 Å². The lowest BCUT2D eigenvalue weighted by atomic mass is 10.1. The lowest BCUT2D eigenvalue weighted by Gasteiger charge is -2.25. The largest absolute Gasteiger partial charge is 0.355 e. The Morgan fingerprint density at radius 2 is 1.47 bits per heavy atom. The van der Waals surface area contributed by atoms with E-state index in [1.54, 1.807) is 0 Å². The molecule has 0 aromatic heterocycles. The standard InChI is InChI=1S/C15H14N2/c1-17(14-10-6-3-7-11-14)15(12-16)13-8-4-2-5-9-13/h2-11,15H,1H3. The SMILES string of the molecule is CN(c1ccccc1)C(C#N)c1ccccc1. The molecule has 0 bridgehead atoms. The Kier molecular flexibility index (Phi) is 3.42. The van der Waals surface area contributed by atoms with Gasteiger partial charge in [0.05, 0.1) is 6.07 Å². The summed E-state index contributed by atoms with van der Waals surface area (Å²) in [5, 5.41) is 9.32. The first kappa shape index (κ1) is 11.2. The van der Waals surface area contributed by atoms with Crippen LogP contribution >= 0.6 is 0 Å². The summed E-state index contributed by atoms with van der Waals surface area (Å²) in [4.78, 5) is 1.98. The van der Waals surface area contributed by atoms with Crippen molar-refractivity contribution in [3.05, 3.63) is 66.2 Å². The lowest BCUT2D eigenvalue weighted by molar-refractivity contribution is 0.823. The van der Waals surface area contributed by atoms with E-state index in [0.29, 0.717) is 0 Å². The Morgan fingerprint density at radius 1 is 0.941 bits per heavy atom. The number of hydrogen-bond donors (Lipinski definition) is 0. The Hall–Kier alpha value is -2.27. The molecule has 2 nitrogen and oxygen atoms in total. The van der Waals surface area contributed by atoms with E-state index in [0.717, 1.165) is 11.3 Å². The fourth-order valence-corrected chi connectivity index (χ4v) is 1.83. The van der Waals surface area contributed by atoms with Crippen molar-refractivity contribution < 1.29 is 0 Å². The van der Waals surface area contributed by atoms with E-state index in [9.17, 15) is 5.26 Å². The first-order valence-corrected chi connectivity index (χ1v) is 5.55. The molecule has 1 unspecified atom stereocenters. The van der Waals surface area contributed by atoms with Crippen LogP contribution in [-0.2, 0) is 0 Å². The van der Waals surface area contributed by atoms with Crippen molar-refractivity contribution in [3.63, 3.8) is 0 Å². The summed E-state index contributed by atoms with van der Waals surface area (Å²) in [6, 6.07) is 21.9. The number of nitrogens with zero attached hydrogens (tertiary/aromatic N) is 2. The minimum atomic E-state index is -0.251. The molecule has 84 valence electrons. The van der Waals surface area contributed by atoms with E-state index < -0.39 is 0 Å². The van der Waals surface area contributed by atoms with E-state index in [1.807, 2.05) is 72.6 Å². The van der Waals surface area contributed by atoms with Gasteiger partial charge in [-0.1, -0.05) is 48.5 Å². The Morgan fingerprint density at radius 3 is 2.00 bits per heavy atom. The van der Waals surface area contributed by atoms with Gasteiger partial charge >= 0.3 is 0 Å². The van der Waals surface area contributed by atoms with Crippen LogP contribution in [0.1, 0.15) is 11.6 Å². The average Bonchev–Trinajstić information content (AvgIpc) is 2.42. The molecule has 17 heavy (non-hydrogen) atoms. The van der Waals surface area contributed by atoms with Gasteiger partial charge in [-0.15, -0.1) is 0 Å². The molecule has 0 aliphatic heterocycles. The van der Waals surface area contributed by atoms with Crippen LogP contribution < -0.4 is 4.90 Å². The number of nitriles is 1. The van der Waals surface area contributed by atoms with Crippen LogP contribution in [0, 0.1) is 11.3 Å². The molecule has 0 heterocycles. The molecular formula is C15H14N2. The number of anilines is 1. The molecule has 2 aromatic rings. The normalized spacial score (nSPS) is 11.5. The first-order chi connectivity index (χ1) is 8.33. The third kappa shape index (κ3) is 2.46. The van der Waals surface area contributed by atoms with Crippen molar-refractivity contribution in [3.8, 4) is 6.07 Å². The third-order valence-electron chi connectivity index (χ3n) is 2.79. The molecule has 0 radical (unpaired) electrons. The van der Waals surface area contributed by atoms with Crippen molar-refractivity contribution in [1.82, 2.24) is 0 Å². The molecule has 0 amide bonds. The summed E-state index contributed by atoms with van der Waals surface area (Å²) < 4.78 is 0. The van der Waals surface area contributed by atoms with Gasteiger partial charge in [0.1, 0.15) is 6.04 Å². The molecule has 0 fully saturated rings. The molecule has 0 saturated heterocycles. The topological polar surface area (TPSA) is 27.0 Å². The Bertz CT molecular complexity index is 499. The second-order valence-corrected chi connectivity index (χ2v) is 3.89. The summed E-state index contributed by atoms with van der Waals surface area (Å²) in [5.74, 6) is 0. The zero-order valence-electron chi connectivity index (χ0n) is 9.75. The third-order valence-corrected chi connectivity index (χ3v) is 2.79. The smallest absolute Gasteiger partial charge is 0.142 e. The van der Waals surface area contributed by atoms with Gasteiger partial charge < -0.3 is 4.90 Å². The molecule has 0 spiro atoms. The number of rotatable bonds is 3. The lowest BCUT2D eigenvalue weighted by Crippen LogP contribution is -2.22. The van der Waals surface area contributed by atoms with Gasteiger partial charge in [0.2, 0.25) is 0 Å². The van der Waals surface area contributed by atoms with Gasteiger partial charge in [0, 0.05) is 12.7 Å². The van der Waals surface area contributed by atoms with Crippen LogP contribution in [0.5, 0.6) is 0 Å². The molecule has 0 N–H and O–H groups in total. The highest BCUT2D eigenvalue weighted by molar-refractivity contribution is 5.49. The van der Waals surface area contributed by atoms with E-state index in [1.165, 1.54) is 0 Å². The molecule has 2 aromatic carbocycles. The van der Waals surface area contributed by atoms with Crippen LogP contribution in [0.4, 0.5) is 5.69 Å². The highest BCUT2D eigenvalue weighted by atomic mass is 15.1. The predicted octanol–water partition coefficient (Wildman–Crippen LogP) is 3.39. The predicted molar refractivity (Wildman–Crippen MR) is 69.6 cm³/mol. The van der Waals surface area contributed by atoms with Gasteiger partial charge in [-0.05, 0) is 17.7 Å². The van der Waals surface area contributed by atoms with Gasteiger partial charge in [-0.2, -0.15) is 5.26 Å². The molecule has 0 aliphatic rings. The maximum Gasteiger partial charge on any atom is 0.142 e. The zero-order valence-corrected chi connectivity index (χ0v) is 9.75. The fraction of sp³-hybridized carbons (Fsp3) is 0.133. The zero-order chi connectivity index (χ0) is 12.1. The molecule has 0 saturated carbocycles. The minimum Gasteiger partial charge on any atom is -0.355 e. The quantitative estimate of drug-likeness (QED) is 0.796.